The quantitative estimate of drug-likeness (QED) is 0.0949. The number of aryl methyl sites for hydroxylation is 1. The molecule has 0 unspecified atom stereocenters. The lowest BCUT2D eigenvalue weighted by Crippen LogP contribution is -2.26. The van der Waals surface area contributed by atoms with Crippen molar-refractivity contribution in [1.29, 1.82) is 0 Å². The van der Waals surface area contributed by atoms with E-state index >= 15 is 0 Å². The van der Waals surface area contributed by atoms with Crippen LogP contribution >= 0.6 is 0 Å². The van der Waals surface area contributed by atoms with Crippen LogP contribution in [-0.2, 0) is 25.4 Å². The summed E-state index contributed by atoms with van der Waals surface area (Å²) in [4.78, 5) is 24.3. The molecular weight excluding hydrogens is 532 g/mol. The van der Waals surface area contributed by atoms with Crippen LogP contribution in [0.1, 0.15) is 83.6 Å². The van der Waals surface area contributed by atoms with Gasteiger partial charge in [0.2, 0.25) is 0 Å². The van der Waals surface area contributed by atoms with Crippen molar-refractivity contribution in [3.63, 3.8) is 0 Å². The summed E-state index contributed by atoms with van der Waals surface area (Å²) < 4.78 is 16.3. The Morgan fingerprint density at radius 3 is 2.36 bits per heavy atom. The summed E-state index contributed by atoms with van der Waals surface area (Å²) in [5, 5.41) is 21.4. The summed E-state index contributed by atoms with van der Waals surface area (Å²) >= 11 is 0. The highest BCUT2D eigenvalue weighted by molar-refractivity contribution is 5.69. The standard InChI is InChI=1S/C35H48O7/c1-5-14-28(15-6-2)25-40-35(39)42-29(21-20-27-16-10-9-11-17-27)22-23-31-30(32(36)24-33(31)37)18-12-7-8-13-19-34(38)41-26(3)4/h1-2,7,9-12,16-17,26,28-33,36-37H,8,13-15,18-25H2,3-4H3/b12-7+/t29-,30+,31+,32-,33+/m0/s1. The predicted molar refractivity (Wildman–Crippen MR) is 163 cm³/mol. The number of aliphatic hydroxyl groups is 2. The van der Waals surface area contributed by atoms with Gasteiger partial charge in [0.15, 0.2) is 0 Å². The maximum absolute atomic E-state index is 12.6. The molecule has 7 nitrogen and oxygen atoms in total. The highest BCUT2D eigenvalue weighted by Gasteiger charge is 2.41. The fourth-order valence-corrected chi connectivity index (χ4v) is 5.46. The number of terminal acetylenes is 2. The SMILES string of the molecule is C#CCC(CC#C)COC(=O)O[C@@H](CCc1ccccc1)CC[C@@H]1[C@@H](C/C=C/CCCC(=O)OC(C)C)[C@@H](O)C[C@H]1O. The lowest BCUT2D eigenvalue weighted by atomic mass is 9.85. The smallest absolute Gasteiger partial charge is 0.463 e. The van der Waals surface area contributed by atoms with Gasteiger partial charge in [0, 0.05) is 25.2 Å². The van der Waals surface area contributed by atoms with Crippen LogP contribution in [-0.4, -0.2) is 53.4 Å². The Morgan fingerprint density at radius 2 is 1.69 bits per heavy atom. The summed E-state index contributed by atoms with van der Waals surface area (Å²) in [5.74, 6) is 4.58. The molecule has 0 amide bonds. The van der Waals surface area contributed by atoms with Gasteiger partial charge >= 0.3 is 12.1 Å². The molecule has 42 heavy (non-hydrogen) atoms. The van der Waals surface area contributed by atoms with Crippen molar-refractivity contribution in [1.82, 2.24) is 0 Å². The number of aliphatic hydroxyl groups excluding tert-OH is 2. The minimum absolute atomic E-state index is 0.0967. The summed E-state index contributed by atoms with van der Waals surface area (Å²) in [5.41, 5.74) is 1.14. The van der Waals surface area contributed by atoms with Crippen LogP contribution in [0.5, 0.6) is 0 Å². The number of carbonyl (C=O) groups excluding carboxylic acids is 2. The second-order valence-corrected chi connectivity index (χ2v) is 11.4. The van der Waals surface area contributed by atoms with Gasteiger partial charge in [-0.3, -0.25) is 4.79 Å². The maximum Gasteiger partial charge on any atom is 0.508 e. The molecule has 0 bridgehead atoms. The lowest BCUT2D eigenvalue weighted by molar-refractivity contribution is -0.147. The van der Waals surface area contributed by atoms with Crippen LogP contribution in [0, 0.1) is 42.4 Å². The minimum atomic E-state index is -0.754. The van der Waals surface area contributed by atoms with Crippen molar-refractivity contribution in [3.8, 4) is 24.7 Å². The average molecular weight is 581 g/mol. The predicted octanol–water partition coefficient (Wildman–Crippen LogP) is 6.01. The molecule has 0 spiro atoms. The van der Waals surface area contributed by atoms with Gasteiger partial charge in [-0.15, -0.1) is 24.7 Å². The van der Waals surface area contributed by atoms with Crippen LogP contribution in [0.15, 0.2) is 42.5 Å². The van der Waals surface area contributed by atoms with Gasteiger partial charge in [-0.25, -0.2) is 4.79 Å². The Labute approximate surface area is 252 Å². The molecule has 1 aliphatic carbocycles. The normalized spacial score (nSPS) is 20.8. The average Bonchev–Trinajstić information content (AvgIpc) is 3.22. The van der Waals surface area contributed by atoms with E-state index in [1.54, 1.807) is 0 Å². The lowest BCUT2D eigenvalue weighted by Gasteiger charge is -2.25. The van der Waals surface area contributed by atoms with E-state index in [1.807, 2.05) is 56.3 Å². The van der Waals surface area contributed by atoms with E-state index in [-0.39, 0.29) is 36.4 Å². The molecule has 1 aromatic rings. The van der Waals surface area contributed by atoms with E-state index in [0.29, 0.717) is 57.8 Å². The molecule has 0 aromatic heterocycles. The van der Waals surface area contributed by atoms with E-state index in [0.717, 1.165) is 18.4 Å². The van der Waals surface area contributed by atoms with Gasteiger partial charge in [-0.2, -0.15) is 0 Å². The fraction of sp³-hybridized carbons (Fsp3) is 0.600. The van der Waals surface area contributed by atoms with Crippen LogP contribution in [0.25, 0.3) is 0 Å². The van der Waals surface area contributed by atoms with Crippen LogP contribution in [0.2, 0.25) is 0 Å². The highest BCUT2D eigenvalue weighted by Crippen LogP contribution is 2.39. The number of esters is 1. The molecule has 230 valence electrons. The number of hydrogen-bond donors (Lipinski definition) is 2. The second-order valence-electron chi connectivity index (χ2n) is 11.4. The molecule has 0 radical (unpaired) electrons. The Bertz CT molecular complexity index is 1020. The molecule has 1 aromatic carbocycles. The highest BCUT2D eigenvalue weighted by atomic mass is 16.7. The maximum atomic E-state index is 12.6. The largest absolute Gasteiger partial charge is 0.508 e. The number of ether oxygens (including phenoxy) is 3. The molecule has 7 heteroatoms. The van der Waals surface area contributed by atoms with Crippen molar-refractivity contribution in [2.45, 2.75) is 109 Å². The van der Waals surface area contributed by atoms with Gasteiger partial charge in [-0.05, 0) is 82.6 Å². The molecule has 0 aliphatic heterocycles. The Kier molecular flexibility index (Phi) is 16.5. The minimum Gasteiger partial charge on any atom is -0.463 e. The van der Waals surface area contributed by atoms with Crippen molar-refractivity contribution in [3.05, 3.63) is 48.0 Å². The number of allylic oxidation sites excluding steroid dienone is 2. The van der Waals surface area contributed by atoms with Crippen molar-refractivity contribution in [2.24, 2.45) is 17.8 Å². The molecular formula is C35H48O7. The van der Waals surface area contributed by atoms with E-state index in [2.05, 4.69) is 11.8 Å². The topological polar surface area (TPSA) is 102 Å². The number of unbranched alkanes of at least 4 members (excludes halogenated alkanes) is 1. The van der Waals surface area contributed by atoms with Gasteiger partial charge in [-0.1, -0.05) is 42.5 Å². The fourth-order valence-electron chi connectivity index (χ4n) is 5.46. The first kappa shape index (κ1) is 34.9. The Hall–Kier alpha value is -3.26. The van der Waals surface area contributed by atoms with Crippen molar-refractivity contribution in [2.75, 3.05) is 6.61 Å². The monoisotopic (exact) mass is 580 g/mol. The molecule has 5 atom stereocenters. The van der Waals surface area contributed by atoms with Gasteiger partial charge in [0.05, 0.1) is 24.9 Å². The van der Waals surface area contributed by atoms with Crippen molar-refractivity contribution >= 4 is 12.1 Å². The summed E-state index contributed by atoms with van der Waals surface area (Å²) in [6.07, 6.45) is 18.4. The second kappa shape index (κ2) is 19.8. The molecule has 2 N–H and O–H groups in total. The van der Waals surface area contributed by atoms with E-state index in [1.165, 1.54) is 0 Å². The number of benzene rings is 1. The summed E-state index contributed by atoms with van der Waals surface area (Å²) in [6, 6.07) is 9.98. The molecule has 0 heterocycles. The first-order valence-electron chi connectivity index (χ1n) is 15.2. The molecule has 2 rings (SSSR count). The summed E-state index contributed by atoms with van der Waals surface area (Å²) in [6.45, 7) is 3.76. The number of rotatable bonds is 18. The molecule has 1 fully saturated rings. The zero-order valence-corrected chi connectivity index (χ0v) is 25.2. The molecule has 1 saturated carbocycles. The van der Waals surface area contributed by atoms with Crippen LogP contribution < -0.4 is 0 Å². The van der Waals surface area contributed by atoms with E-state index in [9.17, 15) is 19.8 Å². The zero-order chi connectivity index (χ0) is 30.7. The number of hydrogen-bond acceptors (Lipinski definition) is 7. The third-order valence-electron chi connectivity index (χ3n) is 7.65. The first-order valence-corrected chi connectivity index (χ1v) is 15.2. The first-order chi connectivity index (χ1) is 20.2. The molecule has 1 aliphatic rings. The van der Waals surface area contributed by atoms with Gasteiger partial charge in [0.1, 0.15) is 6.10 Å². The summed E-state index contributed by atoms with van der Waals surface area (Å²) in [7, 11) is 0. The Balaban J connectivity index is 1.93. The van der Waals surface area contributed by atoms with E-state index < -0.39 is 24.5 Å². The molecule has 0 saturated heterocycles. The third kappa shape index (κ3) is 13.6. The third-order valence-corrected chi connectivity index (χ3v) is 7.65. The van der Waals surface area contributed by atoms with Gasteiger partial charge in [0.25, 0.3) is 0 Å². The van der Waals surface area contributed by atoms with Crippen LogP contribution in [0.3, 0.4) is 0 Å². The van der Waals surface area contributed by atoms with E-state index in [4.69, 9.17) is 27.1 Å². The van der Waals surface area contributed by atoms with Crippen molar-refractivity contribution < 1.29 is 34.0 Å². The zero-order valence-electron chi connectivity index (χ0n) is 25.2. The van der Waals surface area contributed by atoms with Crippen LogP contribution in [0.4, 0.5) is 4.79 Å². The number of carbonyl (C=O) groups is 2. The van der Waals surface area contributed by atoms with Gasteiger partial charge < -0.3 is 24.4 Å². The Morgan fingerprint density at radius 1 is 1.00 bits per heavy atom.